The number of anilines is 1. The highest BCUT2D eigenvalue weighted by molar-refractivity contribution is 7.09. The molecule has 0 spiro atoms. The second-order valence-electron chi connectivity index (χ2n) is 5.28. The fraction of sp³-hybridized carbons (Fsp3) is 0.312. The molecule has 1 saturated carbocycles. The normalized spacial score (nSPS) is 13.9. The minimum atomic E-state index is -0.762. The van der Waals surface area contributed by atoms with E-state index in [0.29, 0.717) is 6.54 Å². The zero-order valence-corrected chi connectivity index (χ0v) is 12.7. The van der Waals surface area contributed by atoms with Gasteiger partial charge in [0.05, 0.1) is 0 Å². The van der Waals surface area contributed by atoms with Gasteiger partial charge in [-0.2, -0.15) is 0 Å². The molecule has 0 aliphatic heterocycles. The van der Waals surface area contributed by atoms with E-state index < -0.39 is 17.7 Å². The third-order valence-corrected chi connectivity index (χ3v) is 4.56. The van der Waals surface area contributed by atoms with Crippen molar-refractivity contribution in [2.75, 3.05) is 11.9 Å². The number of hydrogen-bond acceptors (Lipinski definition) is 2. The van der Waals surface area contributed by atoms with Gasteiger partial charge in [-0.1, -0.05) is 12.1 Å². The first-order chi connectivity index (χ1) is 10.6. The smallest absolute Gasteiger partial charge is 0.321 e. The van der Waals surface area contributed by atoms with Crippen molar-refractivity contribution in [3.8, 4) is 0 Å². The van der Waals surface area contributed by atoms with Crippen molar-refractivity contribution in [1.29, 1.82) is 0 Å². The maximum Gasteiger partial charge on any atom is 0.322 e. The summed E-state index contributed by atoms with van der Waals surface area (Å²) >= 11 is 1.64. The number of urea groups is 1. The lowest BCUT2D eigenvalue weighted by Crippen LogP contribution is -2.38. The summed E-state index contributed by atoms with van der Waals surface area (Å²) in [6, 6.07) is 7.26. The van der Waals surface area contributed by atoms with Gasteiger partial charge in [-0.05, 0) is 42.8 Å². The summed E-state index contributed by atoms with van der Waals surface area (Å²) in [7, 11) is 0. The molecule has 1 aliphatic carbocycles. The molecule has 2 amide bonds. The van der Waals surface area contributed by atoms with Crippen LogP contribution >= 0.6 is 11.3 Å². The zero-order chi connectivity index (χ0) is 15.5. The molecule has 6 heteroatoms. The second-order valence-corrected chi connectivity index (χ2v) is 6.31. The second kappa shape index (κ2) is 6.44. The van der Waals surface area contributed by atoms with Crippen LogP contribution in [-0.2, 0) is 6.42 Å². The Morgan fingerprint density at radius 3 is 2.55 bits per heavy atom. The molecule has 3 rings (SSSR count). The molecule has 0 atom stereocenters. The van der Waals surface area contributed by atoms with Crippen LogP contribution in [0.2, 0.25) is 0 Å². The first-order valence-electron chi connectivity index (χ1n) is 7.19. The number of carbonyl (C=O) groups excluding carboxylic acids is 1. The Bertz CT molecular complexity index is 636. The lowest BCUT2D eigenvalue weighted by Gasteiger charge is -2.23. The van der Waals surface area contributed by atoms with Crippen LogP contribution in [0.4, 0.5) is 19.3 Å². The van der Waals surface area contributed by atoms with Crippen molar-refractivity contribution < 1.29 is 13.6 Å². The Kier molecular flexibility index (Phi) is 4.38. The summed E-state index contributed by atoms with van der Waals surface area (Å²) < 4.78 is 27.3. The van der Waals surface area contributed by atoms with E-state index >= 15 is 0 Å². The monoisotopic (exact) mass is 322 g/mol. The highest BCUT2D eigenvalue weighted by Crippen LogP contribution is 2.28. The third kappa shape index (κ3) is 3.44. The van der Waals surface area contributed by atoms with Crippen LogP contribution in [0.15, 0.2) is 35.7 Å². The van der Waals surface area contributed by atoms with Crippen LogP contribution in [0.3, 0.4) is 0 Å². The van der Waals surface area contributed by atoms with E-state index in [2.05, 4.69) is 5.32 Å². The molecule has 1 fully saturated rings. The van der Waals surface area contributed by atoms with Crippen molar-refractivity contribution in [1.82, 2.24) is 4.90 Å². The minimum absolute atomic E-state index is 0.176. The van der Waals surface area contributed by atoms with E-state index in [9.17, 15) is 13.6 Å². The molecule has 0 radical (unpaired) electrons. The molecular weight excluding hydrogens is 306 g/mol. The van der Waals surface area contributed by atoms with Gasteiger partial charge in [0, 0.05) is 17.5 Å². The van der Waals surface area contributed by atoms with Gasteiger partial charge < -0.3 is 10.2 Å². The number of nitrogens with zero attached hydrogens (tertiary/aromatic N) is 1. The Labute approximate surface area is 131 Å². The molecule has 1 aromatic heterocycles. The Morgan fingerprint density at radius 2 is 1.95 bits per heavy atom. The molecule has 2 aromatic rings. The average molecular weight is 322 g/mol. The highest BCUT2D eigenvalue weighted by Gasteiger charge is 2.33. The van der Waals surface area contributed by atoms with Crippen molar-refractivity contribution in [2.24, 2.45) is 0 Å². The molecule has 0 unspecified atom stereocenters. The number of thiophene rings is 1. The van der Waals surface area contributed by atoms with Crippen molar-refractivity contribution in [3.05, 3.63) is 52.2 Å². The van der Waals surface area contributed by atoms with E-state index in [-0.39, 0.29) is 11.7 Å². The topological polar surface area (TPSA) is 32.3 Å². The molecule has 1 N–H and O–H groups in total. The van der Waals surface area contributed by atoms with Gasteiger partial charge in [0.1, 0.15) is 17.3 Å². The molecule has 116 valence electrons. The fourth-order valence-corrected chi connectivity index (χ4v) is 3.02. The number of nitrogens with one attached hydrogen (secondary N) is 1. The molecule has 3 nitrogen and oxygen atoms in total. The van der Waals surface area contributed by atoms with Crippen LogP contribution in [-0.4, -0.2) is 23.5 Å². The zero-order valence-electron chi connectivity index (χ0n) is 11.9. The summed E-state index contributed by atoms with van der Waals surface area (Å²) in [5.41, 5.74) is -0.380. The van der Waals surface area contributed by atoms with E-state index in [1.54, 1.807) is 16.2 Å². The van der Waals surface area contributed by atoms with Crippen LogP contribution in [0, 0.1) is 11.6 Å². The third-order valence-electron chi connectivity index (χ3n) is 3.62. The van der Waals surface area contributed by atoms with Gasteiger partial charge in [-0.25, -0.2) is 13.6 Å². The average Bonchev–Trinajstić information content (AvgIpc) is 3.19. The van der Waals surface area contributed by atoms with E-state index in [1.807, 2.05) is 17.5 Å². The first kappa shape index (κ1) is 15.0. The van der Waals surface area contributed by atoms with Gasteiger partial charge in [0.2, 0.25) is 0 Å². The van der Waals surface area contributed by atoms with E-state index in [1.165, 1.54) is 10.9 Å². The lowest BCUT2D eigenvalue weighted by molar-refractivity contribution is 0.209. The van der Waals surface area contributed by atoms with Gasteiger partial charge in [-0.15, -0.1) is 11.3 Å². The summed E-state index contributed by atoms with van der Waals surface area (Å²) in [5.74, 6) is -1.52. The fourth-order valence-electron chi connectivity index (χ4n) is 2.32. The summed E-state index contributed by atoms with van der Waals surface area (Å²) in [6.07, 6.45) is 2.64. The summed E-state index contributed by atoms with van der Waals surface area (Å²) in [5, 5.41) is 4.36. The van der Waals surface area contributed by atoms with E-state index in [4.69, 9.17) is 0 Å². The molecule has 0 saturated heterocycles. The van der Waals surface area contributed by atoms with Crippen molar-refractivity contribution in [2.45, 2.75) is 25.3 Å². The van der Waals surface area contributed by atoms with Crippen LogP contribution in [0.5, 0.6) is 0 Å². The number of carbonyl (C=O) groups is 1. The first-order valence-corrected chi connectivity index (χ1v) is 8.07. The maximum atomic E-state index is 13.6. The number of halogens is 2. The predicted octanol–water partition coefficient (Wildman–Crippen LogP) is 4.27. The highest BCUT2D eigenvalue weighted by atomic mass is 32.1. The van der Waals surface area contributed by atoms with E-state index in [0.717, 1.165) is 31.4 Å². The molecule has 0 bridgehead atoms. The molecular formula is C16H16F2N2OS. The van der Waals surface area contributed by atoms with Crippen molar-refractivity contribution >= 4 is 23.1 Å². The lowest BCUT2D eigenvalue weighted by atomic mass is 10.3. The summed E-state index contributed by atoms with van der Waals surface area (Å²) in [4.78, 5) is 15.2. The van der Waals surface area contributed by atoms with Gasteiger partial charge in [0.15, 0.2) is 0 Å². The summed E-state index contributed by atoms with van der Waals surface area (Å²) in [6.45, 7) is 0.549. The largest absolute Gasteiger partial charge is 0.322 e. The maximum absolute atomic E-state index is 13.6. The Morgan fingerprint density at radius 1 is 1.23 bits per heavy atom. The van der Waals surface area contributed by atoms with Crippen molar-refractivity contribution in [3.63, 3.8) is 0 Å². The standard InChI is InChI=1S/C16H16F2N2OS/c17-13-4-1-5-14(18)15(13)19-16(21)20(11-6-7-11)9-8-12-3-2-10-22-12/h1-5,10-11H,6-9H2,(H,19,21). The van der Waals surface area contributed by atoms with Crippen LogP contribution in [0.25, 0.3) is 0 Å². The van der Waals surface area contributed by atoms with Gasteiger partial charge in [-0.3, -0.25) is 0 Å². The molecule has 1 heterocycles. The Balaban J connectivity index is 1.67. The number of hydrogen-bond donors (Lipinski definition) is 1. The number of para-hydroxylation sites is 1. The van der Waals surface area contributed by atoms with Gasteiger partial charge in [0.25, 0.3) is 0 Å². The molecule has 1 aliphatic rings. The molecule has 22 heavy (non-hydrogen) atoms. The minimum Gasteiger partial charge on any atom is -0.321 e. The predicted molar refractivity (Wildman–Crippen MR) is 83.1 cm³/mol. The number of amides is 2. The number of rotatable bonds is 5. The Hall–Kier alpha value is -1.95. The SMILES string of the molecule is O=C(Nc1c(F)cccc1F)N(CCc1cccs1)C1CC1. The quantitative estimate of drug-likeness (QED) is 0.876. The van der Waals surface area contributed by atoms with Gasteiger partial charge >= 0.3 is 6.03 Å². The number of benzene rings is 1. The van der Waals surface area contributed by atoms with Crippen LogP contribution in [0.1, 0.15) is 17.7 Å². The van der Waals surface area contributed by atoms with Crippen LogP contribution < -0.4 is 5.32 Å². The molecule has 1 aromatic carbocycles.